The molecular weight excluding hydrogens is 593 g/mol. The second-order valence-corrected chi connectivity index (χ2v) is 13.0. The number of fused-ring (bicyclic) bond motifs is 9. The lowest BCUT2D eigenvalue weighted by atomic mass is 9.95. The fourth-order valence-corrected chi connectivity index (χ4v) is 8.59. The van der Waals surface area contributed by atoms with Gasteiger partial charge in [-0.15, -0.1) is 11.3 Å². The van der Waals surface area contributed by atoms with E-state index in [1.165, 1.54) is 42.2 Å². The van der Waals surface area contributed by atoms with E-state index in [2.05, 4.69) is 132 Å². The van der Waals surface area contributed by atoms with Crippen molar-refractivity contribution in [3.63, 3.8) is 0 Å². The van der Waals surface area contributed by atoms with Crippen LogP contribution in [0, 0.1) is 11.3 Å². The highest BCUT2D eigenvalue weighted by molar-refractivity contribution is 7.26. The molecule has 47 heavy (non-hydrogen) atoms. The Morgan fingerprint density at radius 2 is 1.23 bits per heavy atom. The normalized spacial score (nSPS) is 11.8. The van der Waals surface area contributed by atoms with Crippen molar-refractivity contribution in [1.29, 1.82) is 5.26 Å². The highest BCUT2D eigenvalue weighted by Crippen LogP contribution is 2.46. The topological polar surface area (TPSA) is 41.9 Å². The fraction of sp³-hybridized carbons (Fsp3) is 0. The molecule has 3 nitrogen and oxygen atoms in total. The van der Waals surface area contributed by atoms with Crippen molar-refractivity contribution in [2.45, 2.75) is 0 Å². The molecule has 3 aromatic heterocycles. The zero-order valence-corrected chi connectivity index (χ0v) is 25.9. The van der Waals surface area contributed by atoms with E-state index in [9.17, 15) is 5.26 Å². The third kappa shape index (κ3) is 3.85. The van der Waals surface area contributed by atoms with Gasteiger partial charge in [0.15, 0.2) is 0 Å². The molecule has 10 rings (SSSR count). The van der Waals surface area contributed by atoms with Crippen molar-refractivity contribution in [2.75, 3.05) is 0 Å². The number of benzene rings is 7. The Bertz CT molecular complexity index is 2920. The predicted molar refractivity (Wildman–Crippen MR) is 197 cm³/mol. The van der Waals surface area contributed by atoms with Crippen LogP contribution in [0.25, 0.3) is 91.9 Å². The number of hydrogen-bond acceptors (Lipinski definition) is 3. The average molecular weight is 617 g/mol. The summed E-state index contributed by atoms with van der Waals surface area (Å²) in [5.41, 5.74) is 10.5. The second kappa shape index (κ2) is 9.92. The van der Waals surface area contributed by atoms with Crippen molar-refractivity contribution in [1.82, 2.24) is 4.57 Å². The molecule has 0 bridgehead atoms. The molecule has 0 radical (unpaired) electrons. The summed E-state index contributed by atoms with van der Waals surface area (Å²) in [5, 5.41) is 16.8. The molecule has 0 amide bonds. The Morgan fingerprint density at radius 3 is 2.13 bits per heavy atom. The monoisotopic (exact) mass is 616 g/mol. The lowest BCUT2D eigenvalue weighted by Crippen LogP contribution is -1.94. The quantitative estimate of drug-likeness (QED) is 0.198. The molecule has 0 spiro atoms. The first-order valence-electron chi connectivity index (χ1n) is 15.7. The number of nitriles is 1. The molecule has 0 aliphatic carbocycles. The molecule has 4 heteroatoms. The Hall–Kier alpha value is -6.15. The van der Waals surface area contributed by atoms with E-state index in [1.54, 1.807) is 0 Å². The van der Waals surface area contributed by atoms with Gasteiger partial charge in [0.05, 0.1) is 33.1 Å². The molecule has 218 valence electrons. The van der Waals surface area contributed by atoms with Gasteiger partial charge < -0.3 is 8.98 Å². The Morgan fingerprint density at radius 1 is 0.489 bits per heavy atom. The van der Waals surface area contributed by atoms with Crippen molar-refractivity contribution in [3.8, 4) is 34.0 Å². The molecule has 0 fully saturated rings. The largest absolute Gasteiger partial charge is 0.456 e. The van der Waals surface area contributed by atoms with Crippen LogP contribution in [0.3, 0.4) is 0 Å². The van der Waals surface area contributed by atoms with E-state index in [-0.39, 0.29) is 0 Å². The molecule has 0 saturated carbocycles. The van der Waals surface area contributed by atoms with Gasteiger partial charge in [0.2, 0.25) is 0 Å². The van der Waals surface area contributed by atoms with Gasteiger partial charge in [-0.1, -0.05) is 91.0 Å². The summed E-state index contributed by atoms with van der Waals surface area (Å²) >= 11 is 1.84. The van der Waals surface area contributed by atoms with Crippen LogP contribution in [-0.2, 0) is 0 Å². The van der Waals surface area contributed by atoms with Crippen LogP contribution in [0.1, 0.15) is 5.56 Å². The van der Waals surface area contributed by atoms with E-state index in [4.69, 9.17) is 4.42 Å². The van der Waals surface area contributed by atoms with Crippen LogP contribution in [0.2, 0.25) is 0 Å². The number of hydrogen-bond donors (Lipinski definition) is 0. The zero-order chi connectivity index (χ0) is 31.1. The van der Waals surface area contributed by atoms with Gasteiger partial charge in [-0.3, -0.25) is 0 Å². The Kier molecular flexibility index (Phi) is 5.51. The predicted octanol–water partition coefficient (Wildman–Crippen LogP) is 12.3. The minimum atomic E-state index is 0.656. The van der Waals surface area contributed by atoms with Crippen molar-refractivity contribution >= 4 is 75.3 Å². The highest BCUT2D eigenvalue weighted by Gasteiger charge is 2.19. The molecule has 0 aliphatic heterocycles. The van der Waals surface area contributed by atoms with Gasteiger partial charge in [-0.2, -0.15) is 5.26 Å². The summed E-state index contributed by atoms with van der Waals surface area (Å²) in [5.74, 6) is 0. The summed E-state index contributed by atoms with van der Waals surface area (Å²) in [7, 11) is 0. The van der Waals surface area contributed by atoms with Gasteiger partial charge in [-0.05, 0) is 71.3 Å². The third-order valence-electron chi connectivity index (χ3n) is 9.42. The maximum atomic E-state index is 9.79. The second-order valence-electron chi connectivity index (χ2n) is 12.0. The minimum Gasteiger partial charge on any atom is -0.456 e. The molecule has 0 saturated heterocycles. The number of para-hydroxylation sites is 2. The molecule has 3 heterocycles. The van der Waals surface area contributed by atoms with E-state index in [0.717, 1.165) is 49.6 Å². The summed E-state index contributed by atoms with van der Waals surface area (Å²) in [6.45, 7) is 0. The first-order valence-corrected chi connectivity index (χ1v) is 16.5. The van der Waals surface area contributed by atoms with Crippen LogP contribution in [-0.4, -0.2) is 4.57 Å². The van der Waals surface area contributed by atoms with E-state index in [0.29, 0.717) is 5.56 Å². The summed E-state index contributed by atoms with van der Waals surface area (Å²) < 4.78 is 11.0. The lowest BCUT2D eigenvalue weighted by molar-refractivity contribution is 0.669. The van der Waals surface area contributed by atoms with Gasteiger partial charge in [-0.25, -0.2) is 0 Å². The molecule has 0 aliphatic rings. The molecular formula is C43H24N2OS. The first kappa shape index (κ1) is 26.1. The zero-order valence-electron chi connectivity index (χ0n) is 25.1. The van der Waals surface area contributed by atoms with Crippen LogP contribution >= 0.6 is 11.3 Å². The molecule has 0 atom stereocenters. The van der Waals surface area contributed by atoms with Crippen LogP contribution < -0.4 is 0 Å². The highest BCUT2D eigenvalue weighted by atomic mass is 32.1. The number of aromatic nitrogens is 1. The van der Waals surface area contributed by atoms with Crippen LogP contribution in [0.4, 0.5) is 0 Å². The van der Waals surface area contributed by atoms with Gasteiger partial charge in [0.25, 0.3) is 0 Å². The summed E-state index contributed by atoms with van der Waals surface area (Å²) in [6.07, 6.45) is 0. The SMILES string of the molecule is N#Cc1ccc2c3ccccc3n(-c3cccc4c3sc3c(-c5ccccc5)cc(-c5ccc6oc7ccccc7c6c5)cc34)c2c1. The van der Waals surface area contributed by atoms with Gasteiger partial charge in [0, 0.05) is 42.6 Å². The standard InChI is InChI=1S/C43H24N2OS/c44-25-26-17-19-31-30-11-4-6-14-37(30)45(39(31)21-26)38-15-8-13-33-36-24-29(23-34(42(36)47-43(33)38)27-9-2-1-3-10-27)28-18-20-41-35(22-28)32-12-5-7-16-40(32)46-41/h1-24H. The average Bonchev–Trinajstić information content (AvgIpc) is 3.80. The molecule has 0 N–H and O–H groups in total. The maximum absolute atomic E-state index is 9.79. The van der Waals surface area contributed by atoms with E-state index < -0.39 is 0 Å². The van der Waals surface area contributed by atoms with E-state index in [1.807, 2.05) is 35.6 Å². The first-order chi connectivity index (χ1) is 23.2. The molecule has 7 aromatic carbocycles. The number of thiophene rings is 1. The van der Waals surface area contributed by atoms with Crippen LogP contribution in [0.15, 0.2) is 150 Å². The lowest BCUT2D eigenvalue weighted by Gasteiger charge is -2.10. The Labute approximate surface area is 273 Å². The number of nitrogens with zero attached hydrogens (tertiary/aromatic N) is 2. The summed E-state index contributed by atoms with van der Waals surface area (Å²) in [4.78, 5) is 0. The smallest absolute Gasteiger partial charge is 0.135 e. The third-order valence-corrected chi connectivity index (χ3v) is 10.7. The van der Waals surface area contributed by atoms with Crippen LogP contribution in [0.5, 0.6) is 0 Å². The summed E-state index contributed by atoms with van der Waals surface area (Å²) in [6, 6.07) is 53.7. The van der Waals surface area contributed by atoms with Gasteiger partial charge >= 0.3 is 0 Å². The van der Waals surface area contributed by atoms with E-state index >= 15 is 0 Å². The minimum absolute atomic E-state index is 0.656. The van der Waals surface area contributed by atoms with Crippen molar-refractivity contribution in [2.24, 2.45) is 0 Å². The fourth-order valence-electron chi connectivity index (χ4n) is 7.27. The molecule has 0 unspecified atom stereocenters. The number of furan rings is 1. The van der Waals surface area contributed by atoms with Crippen molar-refractivity contribution in [3.05, 3.63) is 151 Å². The van der Waals surface area contributed by atoms with Gasteiger partial charge in [0.1, 0.15) is 11.2 Å². The Balaban J connectivity index is 1.28. The number of rotatable bonds is 3. The maximum Gasteiger partial charge on any atom is 0.135 e. The molecule has 10 aromatic rings. The van der Waals surface area contributed by atoms with Crippen molar-refractivity contribution < 1.29 is 4.42 Å².